The van der Waals surface area contributed by atoms with Crippen LogP contribution in [0.4, 0.5) is 0 Å². The molecule has 0 aliphatic carbocycles. The molecule has 2 nitrogen and oxygen atoms in total. The molecule has 3 aromatic carbocycles. The molecule has 0 heterocycles. The first-order valence-corrected chi connectivity index (χ1v) is 9.22. The van der Waals surface area contributed by atoms with Crippen molar-refractivity contribution < 1.29 is 5.11 Å². The lowest BCUT2D eigenvalue weighted by Crippen LogP contribution is -2.30. The molecule has 0 aliphatic rings. The molecule has 3 rings (SSSR count). The summed E-state index contributed by atoms with van der Waals surface area (Å²) >= 11 is 0. The summed E-state index contributed by atoms with van der Waals surface area (Å²) in [5.41, 5.74) is 4.67. The highest BCUT2D eigenvalue weighted by molar-refractivity contribution is 5.25. The third-order valence-electron chi connectivity index (χ3n) is 4.97. The first-order chi connectivity index (χ1) is 12.6. The average Bonchev–Trinajstić information content (AvgIpc) is 2.70. The van der Waals surface area contributed by atoms with Gasteiger partial charge in [0.2, 0.25) is 0 Å². The molecule has 0 spiro atoms. The van der Waals surface area contributed by atoms with E-state index in [4.69, 9.17) is 0 Å². The summed E-state index contributed by atoms with van der Waals surface area (Å²) in [6, 6.07) is 28.9. The lowest BCUT2D eigenvalue weighted by atomic mass is 9.86. The largest absolute Gasteiger partial charge is 0.388 e. The van der Waals surface area contributed by atoms with E-state index in [0.29, 0.717) is 0 Å². The van der Waals surface area contributed by atoms with Gasteiger partial charge in [-0.1, -0.05) is 97.4 Å². The van der Waals surface area contributed by atoms with E-state index in [1.165, 1.54) is 16.7 Å². The molecule has 0 bridgehead atoms. The number of nitrogens with one attached hydrogen (secondary N) is 1. The monoisotopic (exact) mass is 345 g/mol. The fraction of sp³-hybridized carbons (Fsp3) is 0.250. The van der Waals surface area contributed by atoms with Crippen LogP contribution in [-0.2, 0) is 6.54 Å². The van der Waals surface area contributed by atoms with Gasteiger partial charge in [-0.15, -0.1) is 0 Å². The van der Waals surface area contributed by atoms with E-state index in [0.717, 1.165) is 12.1 Å². The van der Waals surface area contributed by atoms with Gasteiger partial charge in [0.1, 0.15) is 0 Å². The number of hydrogen-bond donors (Lipinski definition) is 2. The van der Waals surface area contributed by atoms with Crippen molar-refractivity contribution in [2.45, 2.75) is 32.5 Å². The topological polar surface area (TPSA) is 32.3 Å². The van der Waals surface area contributed by atoms with Gasteiger partial charge in [0.25, 0.3) is 0 Å². The number of aliphatic hydroxyl groups is 1. The zero-order chi connectivity index (χ0) is 18.4. The van der Waals surface area contributed by atoms with Gasteiger partial charge >= 0.3 is 0 Å². The fourth-order valence-corrected chi connectivity index (χ4v) is 3.34. The van der Waals surface area contributed by atoms with Crippen LogP contribution in [0, 0.1) is 12.8 Å². The second-order valence-electron chi connectivity index (χ2n) is 6.97. The van der Waals surface area contributed by atoms with Gasteiger partial charge in [0, 0.05) is 18.5 Å². The Morgan fingerprint density at radius 3 is 1.88 bits per heavy atom. The molecular weight excluding hydrogens is 318 g/mol. The lowest BCUT2D eigenvalue weighted by molar-refractivity contribution is 0.0931. The van der Waals surface area contributed by atoms with E-state index in [2.05, 4.69) is 67.7 Å². The molecule has 3 atom stereocenters. The van der Waals surface area contributed by atoms with Gasteiger partial charge in [-0.2, -0.15) is 0 Å². The molecule has 0 fully saturated rings. The first kappa shape index (κ1) is 18.4. The summed E-state index contributed by atoms with van der Waals surface area (Å²) in [4.78, 5) is 0. The highest BCUT2D eigenvalue weighted by atomic mass is 16.3. The summed E-state index contributed by atoms with van der Waals surface area (Å²) in [5.74, 6) is 0.0326. The minimum absolute atomic E-state index is 0.0326. The molecule has 0 amide bonds. The van der Waals surface area contributed by atoms with Crippen LogP contribution in [0.25, 0.3) is 0 Å². The number of rotatable bonds is 7. The minimum atomic E-state index is -0.521. The highest BCUT2D eigenvalue weighted by Gasteiger charge is 2.26. The van der Waals surface area contributed by atoms with Crippen LogP contribution < -0.4 is 5.32 Å². The zero-order valence-electron chi connectivity index (χ0n) is 15.5. The van der Waals surface area contributed by atoms with E-state index < -0.39 is 6.10 Å². The van der Waals surface area contributed by atoms with Gasteiger partial charge in [-0.05, 0) is 23.6 Å². The van der Waals surface area contributed by atoms with Gasteiger partial charge < -0.3 is 10.4 Å². The van der Waals surface area contributed by atoms with Crippen molar-refractivity contribution in [3.63, 3.8) is 0 Å². The Bertz CT molecular complexity index is 783. The Morgan fingerprint density at radius 1 is 0.769 bits per heavy atom. The van der Waals surface area contributed by atoms with Crippen LogP contribution in [0.5, 0.6) is 0 Å². The third-order valence-corrected chi connectivity index (χ3v) is 4.97. The van der Waals surface area contributed by atoms with Crippen molar-refractivity contribution in [1.82, 2.24) is 5.32 Å². The number of aryl methyl sites for hydroxylation is 1. The summed E-state index contributed by atoms with van der Waals surface area (Å²) < 4.78 is 0. The number of hydrogen-bond acceptors (Lipinski definition) is 2. The molecule has 0 aromatic heterocycles. The van der Waals surface area contributed by atoms with Crippen molar-refractivity contribution in [2.75, 3.05) is 0 Å². The van der Waals surface area contributed by atoms with Crippen LogP contribution >= 0.6 is 0 Å². The van der Waals surface area contributed by atoms with Gasteiger partial charge in [-0.25, -0.2) is 0 Å². The molecule has 0 saturated heterocycles. The van der Waals surface area contributed by atoms with Crippen LogP contribution in [-0.4, -0.2) is 5.11 Å². The van der Waals surface area contributed by atoms with Crippen molar-refractivity contribution in [2.24, 2.45) is 5.92 Å². The predicted molar refractivity (Wildman–Crippen MR) is 108 cm³/mol. The molecule has 3 aromatic rings. The van der Waals surface area contributed by atoms with E-state index in [-0.39, 0.29) is 12.0 Å². The van der Waals surface area contributed by atoms with Gasteiger partial charge in [0.05, 0.1) is 6.10 Å². The molecule has 2 heteroatoms. The Hall–Kier alpha value is -2.42. The van der Waals surface area contributed by atoms with Crippen LogP contribution in [0.3, 0.4) is 0 Å². The molecule has 0 aliphatic heterocycles. The standard InChI is InChI=1S/C24H27NO/c1-18-13-15-20(16-14-18)17-25-23(21-9-5-3-6-10-21)19(2)24(26)22-11-7-4-8-12-22/h3-16,19,23-26H,17H2,1-2H3/t19-,23+,24+/m0/s1. The van der Waals surface area contributed by atoms with Gasteiger partial charge in [-0.3, -0.25) is 0 Å². The quantitative estimate of drug-likeness (QED) is 0.617. The van der Waals surface area contributed by atoms with Crippen LogP contribution in [0.2, 0.25) is 0 Å². The second kappa shape index (κ2) is 8.79. The number of benzene rings is 3. The number of aliphatic hydroxyl groups excluding tert-OH is 1. The van der Waals surface area contributed by atoms with Gasteiger partial charge in [0.15, 0.2) is 0 Å². The molecule has 0 saturated carbocycles. The maximum Gasteiger partial charge on any atom is 0.0833 e. The van der Waals surface area contributed by atoms with E-state index in [1.54, 1.807) is 0 Å². The lowest BCUT2D eigenvalue weighted by Gasteiger charge is -2.30. The zero-order valence-corrected chi connectivity index (χ0v) is 15.5. The molecule has 26 heavy (non-hydrogen) atoms. The maximum atomic E-state index is 10.9. The fourth-order valence-electron chi connectivity index (χ4n) is 3.34. The SMILES string of the molecule is Cc1ccc(CN[C@@H](c2ccccc2)[C@H](C)[C@@H](O)c2ccccc2)cc1. The van der Waals surface area contributed by atoms with Crippen molar-refractivity contribution in [3.8, 4) is 0 Å². The highest BCUT2D eigenvalue weighted by Crippen LogP contribution is 2.32. The Labute approximate surface area is 156 Å². The second-order valence-corrected chi connectivity index (χ2v) is 6.97. The molecule has 0 unspecified atom stereocenters. The summed E-state index contributed by atoms with van der Waals surface area (Å²) in [6.45, 7) is 4.98. The Balaban J connectivity index is 1.80. The van der Waals surface area contributed by atoms with Crippen molar-refractivity contribution in [1.29, 1.82) is 0 Å². The Kier molecular flexibility index (Phi) is 6.21. The Morgan fingerprint density at radius 2 is 1.31 bits per heavy atom. The van der Waals surface area contributed by atoms with Crippen molar-refractivity contribution in [3.05, 3.63) is 107 Å². The summed E-state index contributed by atoms with van der Waals surface area (Å²) in [5, 5.41) is 14.6. The molecule has 0 radical (unpaired) electrons. The normalized spacial score (nSPS) is 14.6. The van der Waals surface area contributed by atoms with E-state index in [9.17, 15) is 5.11 Å². The average molecular weight is 345 g/mol. The molecular formula is C24H27NO. The van der Waals surface area contributed by atoms with Crippen LogP contribution in [0.15, 0.2) is 84.9 Å². The summed E-state index contributed by atoms with van der Waals surface area (Å²) in [7, 11) is 0. The molecule has 2 N–H and O–H groups in total. The summed E-state index contributed by atoms with van der Waals surface area (Å²) in [6.07, 6.45) is -0.521. The van der Waals surface area contributed by atoms with Crippen LogP contribution in [0.1, 0.15) is 41.3 Å². The smallest absolute Gasteiger partial charge is 0.0833 e. The minimum Gasteiger partial charge on any atom is -0.388 e. The molecule has 134 valence electrons. The maximum absolute atomic E-state index is 10.9. The van der Waals surface area contributed by atoms with E-state index in [1.807, 2.05) is 36.4 Å². The van der Waals surface area contributed by atoms with Crippen molar-refractivity contribution >= 4 is 0 Å². The van der Waals surface area contributed by atoms with E-state index >= 15 is 0 Å². The predicted octanol–water partition coefficient (Wildman–Crippen LogP) is 5.20. The third kappa shape index (κ3) is 4.60. The first-order valence-electron chi connectivity index (χ1n) is 9.22.